The highest BCUT2D eigenvalue weighted by atomic mass is 35.5. The van der Waals surface area contributed by atoms with Crippen LogP contribution < -0.4 is 0 Å². The molecule has 118 valence electrons. The molecule has 0 bridgehead atoms. The minimum Gasteiger partial charge on any atom is -0.388 e. The highest BCUT2D eigenvalue weighted by Gasteiger charge is 2.45. The van der Waals surface area contributed by atoms with Crippen molar-refractivity contribution in [1.29, 1.82) is 0 Å². The van der Waals surface area contributed by atoms with E-state index in [9.17, 15) is 20.0 Å². The second kappa shape index (κ2) is 6.10. The summed E-state index contributed by atoms with van der Waals surface area (Å²) in [4.78, 5) is 22.2. The van der Waals surface area contributed by atoms with Crippen molar-refractivity contribution in [2.45, 2.75) is 18.4 Å². The van der Waals surface area contributed by atoms with Crippen LogP contribution in [0.3, 0.4) is 0 Å². The van der Waals surface area contributed by atoms with Crippen LogP contribution in [0.15, 0.2) is 48.5 Å². The highest BCUT2D eigenvalue weighted by molar-refractivity contribution is 6.30. The van der Waals surface area contributed by atoms with Crippen LogP contribution in [0.1, 0.15) is 29.6 Å². The molecule has 1 saturated carbocycles. The Morgan fingerprint density at radius 3 is 2.26 bits per heavy atom. The number of ketones is 1. The SMILES string of the molecule is O=C1C[C@H](c2ccc(Cl)cc2)[C@H]1[C@H](O)c1ccc([N+](=O)[O-])cc1. The number of carbonyl (C=O) groups is 1. The summed E-state index contributed by atoms with van der Waals surface area (Å²) in [7, 11) is 0. The lowest BCUT2D eigenvalue weighted by atomic mass is 9.65. The molecule has 0 aromatic heterocycles. The van der Waals surface area contributed by atoms with Gasteiger partial charge in [-0.15, -0.1) is 0 Å². The second-order valence-corrected chi connectivity index (χ2v) is 6.08. The molecule has 0 heterocycles. The molecule has 1 aliphatic rings. The van der Waals surface area contributed by atoms with Gasteiger partial charge in [0.25, 0.3) is 5.69 Å². The molecule has 6 heteroatoms. The van der Waals surface area contributed by atoms with E-state index in [4.69, 9.17) is 11.6 Å². The Hall–Kier alpha value is -2.24. The van der Waals surface area contributed by atoms with Crippen LogP contribution in [0, 0.1) is 16.0 Å². The maximum Gasteiger partial charge on any atom is 0.269 e. The van der Waals surface area contributed by atoms with Crippen LogP contribution in [-0.2, 0) is 4.79 Å². The van der Waals surface area contributed by atoms with Crippen LogP contribution in [-0.4, -0.2) is 15.8 Å². The summed E-state index contributed by atoms with van der Waals surface area (Å²) >= 11 is 5.87. The number of nitro benzene ring substituents is 1. The predicted molar refractivity (Wildman–Crippen MR) is 85.4 cm³/mol. The number of non-ortho nitro benzene ring substituents is 1. The number of Topliss-reactive ketones (excluding diaryl/α,β-unsaturated/α-hetero) is 1. The molecular formula is C17H14ClNO4. The molecule has 3 rings (SSSR count). The molecule has 0 radical (unpaired) electrons. The molecule has 3 atom stereocenters. The van der Waals surface area contributed by atoms with E-state index in [2.05, 4.69) is 0 Å². The van der Waals surface area contributed by atoms with Crippen LogP contribution in [0.5, 0.6) is 0 Å². The molecule has 0 unspecified atom stereocenters. The monoisotopic (exact) mass is 331 g/mol. The molecule has 2 aromatic carbocycles. The summed E-state index contributed by atoms with van der Waals surface area (Å²) in [6, 6.07) is 12.9. The van der Waals surface area contributed by atoms with Gasteiger partial charge >= 0.3 is 0 Å². The minimum absolute atomic E-state index is 0.00389. The summed E-state index contributed by atoms with van der Waals surface area (Å²) < 4.78 is 0. The Kier molecular flexibility index (Phi) is 4.15. The molecule has 2 aromatic rings. The third-order valence-corrected chi connectivity index (χ3v) is 4.56. The van der Waals surface area contributed by atoms with Gasteiger partial charge in [-0.1, -0.05) is 23.7 Å². The number of hydrogen-bond donors (Lipinski definition) is 1. The Balaban J connectivity index is 1.82. The van der Waals surface area contributed by atoms with Crippen molar-refractivity contribution < 1.29 is 14.8 Å². The van der Waals surface area contributed by atoms with Crippen molar-refractivity contribution in [3.63, 3.8) is 0 Å². The van der Waals surface area contributed by atoms with Crippen LogP contribution in [0.4, 0.5) is 5.69 Å². The summed E-state index contributed by atoms with van der Waals surface area (Å²) in [6.07, 6.45) is -0.589. The smallest absolute Gasteiger partial charge is 0.269 e. The molecule has 0 aliphatic heterocycles. The van der Waals surface area contributed by atoms with Gasteiger partial charge in [0.15, 0.2) is 0 Å². The number of nitro groups is 1. The van der Waals surface area contributed by atoms with Gasteiger partial charge in [0.1, 0.15) is 5.78 Å². The van der Waals surface area contributed by atoms with Crippen molar-refractivity contribution in [3.05, 3.63) is 74.8 Å². The number of halogens is 1. The molecular weight excluding hydrogens is 318 g/mol. The number of aliphatic hydroxyl groups is 1. The van der Waals surface area contributed by atoms with E-state index in [0.29, 0.717) is 17.0 Å². The first-order valence-corrected chi connectivity index (χ1v) is 7.56. The van der Waals surface area contributed by atoms with Gasteiger partial charge < -0.3 is 5.11 Å². The van der Waals surface area contributed by atoms with Crippen molar-refractivity contribution in [3.8, 4) is 0 Å². The number of aliphatic hydroxyl groups excluding tert-OH is 1. The zero-order chi connectivity index (χ0) is 16.6. The Morgan fingerprint density at radius 2 is 1.74 bits per heavy atom. The maximum atomic E-state index is 12.0. The van der Waals surface area contributed by atoms with Crippen molar-refractivity contribution in [1.82, 2.24) is 0 Å². The van der Waals surface area contributed by atoms with Crippen molar-refractivity contribution in [2.75, 3.05) is 0 Å². The summed E-state index contributed by atoms with van der Waals surface area (Å²) in [6.45, 7) is 0. The van der Waals surface area contributed by atoms with Crippen LogP contribution in [0.25, 0.3) is 0 Å². The van der Waals surface area contributed by atoms with Crippen molar-refractivity contribution in [2.24, 2.45) is 5.92 Å². The standard InChI is InChI=1S/C17H14ClNO4/c18-12-5-1-10(2-6-12)14-9-15(20)16(14)17(21)11-3-7-13(8-4-11)19(22)23/h1-8,14,16-17,21H,9H2/t14-,16-,17-/m1/s1. The number of benzene rings is 2. The Labute approximate surface area is 137 Å². The lowest BCUT2D eigenvalue weighted by Crippen LogP contribution is -2.39. The quantitative estimate of drug-likeness (QED) is 0.685. The average molecular weight is 332 g/mol. The normalized spacial score (nSPS) is 21.6. The van der Waals surface area contributed by atoms with E-state index in [1.807, 2.05) is 12.1 Å². The van der Waals surface area contributed by atoms with E-state index >= 15 is 0 Å². The highest BCUT2D eigenvalue weighted by Crippen LogP contribution is 2.46. The molecule has 5 nitrogen and oxygen atoms in total. The lowest BCUT2D eigenvalue weighted by molar-refractivity contribution is -0.384. The Bertz CT molecular complexity index is 742. The van der Waals surface area contributed by atoms with Crippen LogP contribution in [0.2, 0.25) is 5.02 Å². The summed E-state index contributed by atoms with van der Waals surface area (Å²) in [5.74, 6) is -0.599. The topological polar surface area (TPSA) is 80.4 Å². The van der Waals surface area contributed by atoms with E-state index in [0.717, 1.165) is 5.56 Å². The number of nitrogens with zero attached hydrogens (tertiary/aromatic N) is 1. The van der Waals surface area contributed by atoms with Gasteiger partial charge in [0.05, 0.1) is 16.9 Å². The minimum atomic E-state index is -0.974. The molecule has 23 heavy (non-hydrogen) atoms. The number of hydrogen-bond acceptors (Lipinski definition) is 4. The first-order chi connectivity index (χ1) is 11.0. The summed E-state index contributed by atoms with van der Waals surface area (Å²) in [5.41, 5.74) is 1.42. The molecule has 1 aliphatic carbocycles. The van der Waals surface area contributed by atoms with Gasteiger partial charge in [0.2, 0.25) is 0 Å². The number of carbonyl (C=O) groups excluding carboxylic acids is 1. The van der Waals surface area contributed by atoms with Crippen LogP contribution >= 0.6 is 11.6 Å². The lowest BCUT2D eigenvalue weighted by Gasteiger charge is -2.38. The third-order valence-electron chi connectivity index (χ3n) is 4.31. The van der Waals surface area contributed by atoms with Gasteiger partial charge in [-0.25, -0.2) is 0 Å². The maximum absolute atomic E-state index is 12.0. The van der Waals surface area contributed by atoms with Gasteiger partial charge in [-0.3, -0.25) is 14.9 Å². The predicted octanol–water partition coefficient (Wildman–Crippen LogP) is 3.65. The molecule has 0 spiro atoms. The van der Waals surface area contributed by atoms with Gasteiger partial charge in [-0.05, 0) is 35.4 Å². The van der Waals surface area contributed by atoms with Gasteiger partial charge in [0, 0.05) is 29.5 Å². The fourth-order valence-electron chi connectivity index (χ4n) is 2.98. The molecule has 1 N–H and O–H groups in total. The third kappa shape index (κ3) is 2.98. The fourth-order valence-corrected chi connectivity index (χ4v) is 3.10. The molecule has 0 amide bonds. The zero-order valence-corrected chi connectivity index (χ0v) is 12.8. The largest absolute Gasteiger partial charge is 0.388 e. The summed E-state index contributed by atoms with van der Waals surface area (Å²) in [5, 5.41) is 21.8. The van der Waals surface area contributed by atoms with Gasteiger partial charge in [-0.2, -0.15) is 0 Å². The van der Waals surface area contributed by atoms with E-state index in [1.54, 1.807) is 12.1 Å². The fraction of sp³-hybridized carbons (Fsp3) is 0.235. The first-order valence-electron chi connectivity index (χ1n) is 7.18. The molecule has 1 fully saturated rings. The molecule has 0 saturated heterocycles. The first kappa shape index (κ1) is 15.6. The van der Waals surface area contributed by atoms with E-state index < -0.39 is 16.9 Å². The zero-order valence-electron chi connectivity index (χ0n) is 12.1. The second-order valence-electron chi connectivity index (χ2n) is 5.65. The number of rotatable bonds is 4. The average Bonchev–Trinajstić information content (AvgIpc) is 2.53. The van der Waals surface area contributed by atoms with Crippen molar-refractivity contribution >= 4 is 23.1 Å². The Morgan fingerprint density at radius 1 is 1.13 bits per heavy atom. The van der Waals surface area contributed by atoms with E-state index in [1.165, 1.54) is 24.3 Å². The van der Waals surface area contributed by atoms with E-state index in [-0.39, 0.29) is 17.4 Å².